The first-order valence-corrected chi connectivity index (χ1v) is 7.63. The van der Waals surface area contributed by atoms with Crippen molar-refractivity contribution < 1.29 is 13.2 Å². The van der Waals surface area contributed by atoms with Gasteiger partial charge in [0.15, 0.2) is 9.84 Å². The molecule has 1 heterocycles. The second-order valence-corrected chi connectivity index (χ2v) is 6.87. The predicted octanol–water partition coefficient (Wildman–Crippen LogP) is 1.27. The van der Waals surface area contributed by atoms with Crippen LogP contribution in [0, 0.1) is 0 Å². The molecule has 0 amide bonds. The number of anilines is 2. The minimum atomic E-state index is -2.91. The summed E-state index contributed by atoms with van der Waals surface area (Å²) in [6.45, 7) is 0.416. The van der Waals surface area contributed by atoms with Crippen LogP contribution in [-0.2, 0) is 9.84 Å². The molecule has 1 unspecified atom stereocenters. The molecule has 0 radical (unpaired) electrons. The summed E-state index contributed by atoms with van der Waals surface area (Å²) < 4.78 is 28.4. The molecular weight excluding hydrogens is 252 g/mol. The second kappa shape index (κ2) is 5.06. The van der Waals surface area contributed by atoms with Gasteiger partial charge in [-0.25, -0.2) is 8.42 Å². The van der Waals surface area contributed by atoms with Crippen molar-refractivity contribution in [3.8, 4) is 5.75 Å². The fourth-order valence-corrected chi connectivity index (χ4v) is 3.91. The van der Waals surface area contributed by atoms with E-state index in [1.165, 1.54) is 0 Å². The zero-order valence-electron chi connectivity index (χ0n) is 10.3. The van der Waals surface area contributed by atoms with E-state index in [0.29, 0.717) is 23.7 Å². The Bertz CT molecular complexity index is 528. The van der Waals surface area contributed by atoms with Crippen molar-refractivity contribution in [2.45, 2.75) is 18.1 Å². The number of nitrogens with two attached hydrogens (primary N) is 1. The maximum Gasteiger partial charge on any atom is 0.154 e. The standard InChI is InChI=1S/C12H18N2O3S/c1-17-9-4-5-12(11(13)7-9)14-8-10-3-2-6-18(10,15)16/h4-5,7,10,14H,2-3,6,8,13H2,1H3. The molecule has 1 aliphatic heterocycles. The zero-order chi connectivity index (χ0) is 13.2. The lowest BCUT2D eigenvalue weighted by Gasteiger charge is -2.14. The van der Waals surface area contributed by atoms with Crippen molar-refractivity contribution in [3.05, 3.63) is 18.2 Å². The van der Waals surface area contributed by atoms with Gasteiger partial charge in [-0.3, -0.25) is 0 Å². The van der Waals surface area contributed by atoms with Crippen molar-refractivity contribution >= 4 is 21.2 Å². The van der Waals surface area contributed by atoms with Crippen LogP contribution in [0.25, 0.3) is 0 Å². The highest BCUT2D eigenvalue weighted by atomic mass is 32.2. The highest BCUT2D eigenvalue weighted by Gasteiger charge is 2.30. The maximum absolute atomic E-state index is 11.7. The van der Waals surface area contributed by atoms with Gasteiger partial charge in [-0.15, -0.1) is 0 Å². The molecule has 0 saturated carbocycles. The summed E-state index contributed by atoms with van der Waals surface area (Å²) in [4.78, 5) is 0. The first-order chi connectivity index (χ1) is 8.53. The van der Waals surface area contributed by atoms with Crippen LogP contribution in [-0.4, -0.2) is 33.1 Å². The van der Waals surface area contributed by atoms with Gasteiger partial charge in [0.1, 0.15) is 5.75 Å². The summed E-state index contributed by atoms with van der Waals surface area (Å²) >= 11 is 0. The van der Waals surface area contributed by atoms with E-state index in [0.717, 1.165) is 18.5 Å². The van der Waals surface area contributed by atoms with Gasteiger partial charge in [0.05, 0.1) is 29.5 Å². The molecular formula is C12H18N2O3S. The van der Waals surface area contributed by atoms with E-state index in [2.05, 4.69) is 5.32 Å². The number of hydrogen-bond acceptors (Lipinski definition) is 5. The van der Waals surface area contributed by atoms with Gasteiger partial charge in [0, 0.05) is 12.6 Å². The molecule has 0 aliphatic carbocycles. The minimum Gasteiger partial charge on any atom is -0.497 e. The van der Waals surface area contributed by atoms with E-state index < -0.39 is 9.84 Å². The smallest absolute Gasteiger partial charge is 0.154 e. The number of benzene rings is 1. The van der Waals surface area contributed by atoms with E-state index in [9.17, 15) is 8.42 Å². The molecule has 1 aromatic rings. The third kappa shape index (κ3) is 2.69. The fraction of sp³-hybridized carbons (Fsp3) is 0.500. The number of ether oxygens (including phenoxy) is 1. The van der Waals surface area contributed by atoms with Crippen molar-refractivity contribution in [3.63, 3.8) is 0 Å². The number of hydrogen-bond donors (Lipinski definition) is 2. The number of rotatable bonds is 4. The molecule has 1 aromatic carbocycles. The van der Waals surface area contributed by atoms with E-state index >= 15 is 0 Å². The van der Waals surface area contributed by atoms with Crippen molar-refractivity contribution in [2.75, 3.05) is 30.5 Å². The summed E-state index contributed by atoms with van der Waals surface area (Å²) in [5, 5.41) is 2.81. The third-order valence-corrected chi connectivity index (χ3v) is 5.52. The molecule has 1 aliphatic rings. The van der Waals surface area contributed by atoms with Crippen LogP contribution in [0.2, 0.25) is 0 Å². The molecule has 1 atom stereocenters. The van der Waals surface area contributed by atoms with E-state index in [1.807, 2.05) is 0 Å². The summed E-state index contributed by atoms with van der Waals surface area (Å²) in [7, 11) is -1.33. The SMILES string of the molecule is COc1ccc(NCC2CCCS2(=O)=O)c(N)c1. The van der Waals surface area contributed by atoms with Crippen LogP contribution in [0.15, 0.2) is 18.2 Å². The Morgan fingerprint density at radius 2 is 2.28 bits per heavy atom. The molecule has 6 heteroatoms. The fourth-order valence-electron chi connectivity index (χ4n) is 2.14. The molecule has 1 saturated heterocycles. The molecule has 1 fully saturated rings. The number of nitrogen functional groups attached to an aromatic ring is 1. The van der Waals surface area contributed by atoms with Gasteiger partial charge in [-0.05, 0) is 25.0 Å². The van der Waals surface area contributed by atoms with Crippen LogP contribution in [0.5, 0.6) is 5.75 Å². The quantitative estimate of drug-likeness (QED) is 0.805. The number of nitrogens with one attached hydrogen (secondary N) is 1. The topological polar surface area (TPSA) is 81.4 Å². The molecule has 5 nitrogen and oxygen atoms in total. The summed E-state index contributed by atoms with van der Waals surface area (Å²) in [5.74, 6) is 0.990. The van der Waals surface area contributed by atoms with Gasteiger partial charge >= 0.3 is 0 Å². The van der Waals surface area contributed by atoms with Gasteiger partial charge < -0.3 is 15.8 Å². The first kappa shape index (κ1) is 13.0. The lowest BCUT2D eigenvalue weighted by atomic mass is 10.2. The average molecular weight is 270 g/mol. The molecule has 0 spiro atoms. The van der Waals surface area contributed by atoms with E-state index in [1.54, 1.807) is 25.3 Å². The van der Waals surface area contributed by atoms with Crippen LogP contribution >= 0.6 is 0 Å². The molecule has 3 N–H and O–H groups in total. The second-order valence-electron chi connectivity index (χ2n) is 4.47. The Labute approximate surface area is 107 Å². The van der Waals surface area contributed by atoms with Crippen molar-refractivity contribution in [1.29, 1.82) is 0 Å². The predicted molar refractivity (Wildman–Crippen MR) is 72.7 cm³/mol. The lowest BCUT2D eigenvalue weighted by molar-refractivity contribution is 0.415. The maximum atomic E-state index is 11.7. The average Bonchev–Trinajstić information content (AvgIpc) is 2.67. The zero-order valence-corrected chi connectivity index (χ0v) is 11.2. The highest BCUT2D eigenvalue weighted by molar-refractivity contribution is 7.92. The number of sulfone groups is 1. The van der Waals surface area contributed by atoms with Crippen molar-refractivity contribution in [1.82, 2.24) is 0 Å². The van der Waals surface area contributed by atoms with Crippen LogP contribution in [0.1, 0.15) is 12.8 Å². The monoisotopic (exact) mass is 270 g/mol. The van der Waals surface area contributed by atoms with E-state index in [-0.39, 0.29) is 5.25 Å². The molecule has 18 heavy (non-hydrogen) atoms. The molecule has 2 rings (SSSR count). The van der Waals surface area contributed by atoms with Crippen LogP contribution in [0.3, 0.4) is 0 Å². The lowest BCUT2D eigenvalue weighted by Crippen LogP contribution is -2.25. The summed E-state index contributed by atoms with van der Waals surface area (Å²) in [6.07, 6.45) is 1.48. The van der Waals surface area contributed by atoms with Gasteiger partial charge in [-0.2, -0.15) is 0 Å². The minimum absolute atomic E-state index is 0.293. The summed E-state index contributed by atoms with van der Waals surface area (Å²) in [5.41, 5.74) is 7.17. The summed E-state index contributed by atoms with van der Waals surface area (Å²) in [6, 6.07) is 5.31. The van der Waals surface area contributed by atoms with Gasteiger partial charge in [-0.1, -0.05) is 0 Å². The Hall–Kier alpha value is -1.43. The Kier molecular flexibility index (Phi) is 3.65. The third-order valence-electron chi connectivity index (χ3n) is 3.24. The molecule has 0 bridgehead atoms. The number of methoxy groups -OCH3 is 1. The molecule has 100 valence electrons. The highest BCUT2D eigenvalue weighted by Crippen LogP contribution is 2.26. The van der Waals surface area contributed by atoms with Crippen LogP contribution < -0.4 is 15.8 Å². The van der Waals surface area contributed by atoms with Crippen LogP contribution in [0.4, 0.5) is 11.4 Å². The Morgan fingerprint density at radius 3 is 2.83 bits per heavy atom. The first-order valence-electron chi connectivity index (χ1n) is 5.92. The van der Waals surface area contributed by atoms with Crippen molar-refractivity contribution in [2.24, 2.45) is 0 Å². The molecule has 0 aromatic heterocycles. The Balaban J connectivity index is 2.02. The van der Waals surface area contributed by atoms with Gasteiger partial charge in [0.25, 0.3) is 0 Å². The largest absolute Gasteiger partial charge is 0.497 e. The Morgan fingerprint density at radius 1 is 1.50 bits per heavy atom. The van der Waals surface area contributed by atoms with Gasteiger partial charge in [0.2, 0.25) is 0 Å². The normalized spacial score (nSPS) is 21.7. The van der Waals surface area contributed by atoms with E-state index in [4.69, 9.17) is 10.5 Å².